The minimum Gasteiger partial charge on any atom is -0.382 e. The Bertz CT molecular complexity index is 1320. The van der Waals surface area contributed by atoms with E-state index in [2.05, 4.69) is 20.2 Å². The van der Waals surface area contributed by atoms with Gasteiger partial charge in [0.1, 0.15) is 17.2 Å². The number of anilines is 1. The molecule has 0 radical (unpaired) electrons. The van der Waals surface area contributed by atoms with Gasteiger partial charge in [-0.2, -0.15) is 9.37 Å². The average Bonchev–Trinajstić information content (AvgIpc) is 2.84. The van der Waals surface area contributed by atoms with Crippen LogP contribution < -0.4 is 11.1 Å². The Labute approximate surface area is 208 Å². The Morgan fingerprint density at radius 1 is 1.08 bits per heavy atom. The number of amides is 1. The first-order valence-corrected chi connectivity index (χ1v) is 12.1. The lowest BCUT2D eigenvalue weighted by Gasteiger charge is -2.26. The van der Waals surface area contributed by atoms with Gasteiger partial charge in [-0.25, -0.2) is 9.37 Å². The van der Waals surface area contributed by atoms with Crippen molar-refractivity contribution in [2.45, 2.75) is 31.7 Å². The molecule has 0 saturated carbocycles. The molecule has 1 amide bonds. The Balaban J connectivity index is 1.58. The quantitative estimate of drug-likeness (QED) is 0.560. The van der Waals surface area contributed by atoms with E-state index < -0.39 is 17.7 Å². The second-order valence-corrected chi connectivity index (χ2v) is 9.63. The van der Waals surface area contributed by atoms with Crippen LogP contribution >= 0.6 is 0 Å². The monoisotopic (exact) mass is 493 g/mol. The van der Waals surface area contributed by atoms with Gasteiger partial charge in [-0.05, 0) is 74.2 Å². The second kappa shape index (κ2) is 9.91. The molecule has 7 nitrogen and oxygen atoms in total. The van der Waals surface area contributed by atoms with Gasteiger partial charge in [0.05, 0.1) is 5.56 Å². The fourth-order valence-corrected chi connectivity index (χ4v) is 5.11. The van der Waals surface area contributed by atoms with Gasteiger partial charge in [-0.3, -0.25) is 4.79 Å². The number of halogens is 2. The Kier molecular flexibility index (Phi) is 6.68. The molecule has 3 heterocycles. The van der Waals surface area contributed by atoms with E-state index in [4.69, 9.17) is 10.5 Å². The first-order chi connectivity index (χ1) is 17.3. The summed E-state index contributed by atoms with van der Waals surface area (Å²) in [6.07, 6.45) is 2.37. The third kappa shape index (κ3) is 4.68. The number of nitrogen functional groups attached to an aromatic ring is 1. The highest BCUT2D eigenvalue weighted by Gasteiger charge is 2.25. The van der Waals surface area contributed by atoms with Crippen molar-refractivity contribution in [3.8, 4) is 22.5 Å². The summed E-state index contributed by atoms with van der Waals surface area (Å²) in [4.78, 5) is 22.6. The third-order valence-corrected chi connectivity index (χ3v) is 6.80. The van der Waals surface area contributed by atoms with E-state index in [0.717, 1.165) is 31.6 Å². The molecule has 2 aliphatic heterocycles. The Morgan fingerprint density at radius 2 is 1.86 bits per heavy atom. The molecule has 36 heavy (non-hydrogen) atoms. The number of hydrogen-bond donors (Lipinski definition) is 2. The molecule has 0 bridgehead atoms. The van der Waals surface area contributed by atoms with Crippen molar-refractivity contribution in [3.63, 3.8) is 0 Å². The van der Waals surface area contributed by atoms with Gasteiger partial charge in [0, 0.05) is 37.4 Å². The summed E-state index contributed by atoms with van der Waals surface area (Å²) in [5.74, 6) is -1.65. The minimum absolute atomic E-state index is 0.0240. The Hall–Kier alpha value is -3.43. The van der Waals surface area contributed by atoms with Crippen LogP contribution in [0.3, 0.4) is 0 Å². The molecular weight excluding hydrogens is 464 g/mol. The molecule has 188 valence electrons. The van der Waals surface area contributed by atoms with Gasteiger partial charge in [-0.15, -0.1) is 0 Å². The normalized spacial score (nSPS) is 16.2. The number of nitrogens with one attached hydrogen (secondary N) is 1. The maximum Gasteiger partial charge on any atom is 0.254 e. The summed E-state index contributed by atoms with van der Waals surface area (Å²) in [6, 6.07) is 8.74. The zero-order chi connectivity index (χ0) is 25.4. The van der Waals surface area contributed by atoms with Crippen molar-refractivity contribution >= 4 is 11.7 Å². The van der Waals surface area contributed by atoms with Crippen molar-refractivity contribution in [1.29, 1.82) is 0 Å². The summed E-state index contributed by atoms with van der Waals surface area (Å²) >= 11 is 0. The van der Waals surface area contributed by atoms with E-state index in [1.165, 1.54) is 11.6 Å². The molecule has 0 unspecified atom stereocenters. The van der Waals surface area contributed by atoms with Crippen LogP contribution in [0, 0.1) is 11.8 Å². The highest BCUT2D eigenvalue weighted by molar-refractivity contribution is 5.97. The van der Waals surface area contributed by atoms with Crippen LogP contribution in [0.25, 0.3) is 22.5 Å². The first kappa shape index (κ1) is 24.3. The van der Waals surface area contributed by atoms with E-state index in [9.17, 15) is 9.18 Å². The van der Waals surface area contributed by atoms with E-state index in [1.807, 2.05) is 32.3 Å². The number of carbonyl (C=O) groups excluding carboxylic acids is 1. The number of aromatic nitrogens is 2. The summed E-state index contributed by atoms with van der Waals surface area (Å²) in [6.45, 7) is 2.57. The number of hydrogen-bond acceptors (Lipinski definition) is 6. The smallest absolute Gasteiger partial charge is 0.254 e. The van der Waals surface area contributed by atoms with E-state index in [0.29, 0.717) is 42.1 Å². The second-order valence-electron chi connectivity index (χ2n) is 9.63. The standard InChI is InChI=1S/C27H29F2N5O2/c1-34(2)14-19-12-17(3-4-20(19)15-6-9-36-10-7-15)23-25(29)33-26(30)24(32-23)18-11-16-5-8-31-27(35)22(16)21(28)13-18/h3-4,11-13,15H,5-10,14H2,1-2H3,(H2,30,33)(H,31,35). The van der Waals surface area contributed by atoms with Crippen LogP contribution in [0.4, 0.5) is 14.6 Å². The summed E-state index contributed by atoms with van der Waals surface area (Å²) in [5.41, 5.74) is 10.1. The molecule has 0 spiro atoms. The predicted octanol–water partition coefficient (Wildman–Crippen LogP) is 3.91. The van der Waals surface area contributed by atoms with Gasteiger partial charge < -0.3 is 20.7 Å². The van der Waals surface area contributed by atoms with Crippen LogP contribution in [-0.4, -0.2) is 54.6 Å². The number of benzene rings is 2. The van der Waals surface area contributed by atoms with Gasteiger partial charge >= 0.3 is 0 Å². The SMILES string of the molecule is CN(C)Cc1cc(-c2nc(-c3cc(F)c4c(c3)CCNC4=O)c(N)nc2F)ccc1C1CCOCC1. The van der Waals surface area contributed by atoms with Gasteiger partial charge in [0.25, 0.3) is 5.91 Å². The fraction of sp³-hybridized carbons (Fsp3) is 0.370. The van der Waals surface area contributed by atoms with Crippen LogP contribution in [0.15, 0.2) is 30.3 Å². The number of nitrogens with zero attached hydrogens (tertiary/aromatic N) is 3. The zero-order valence-corrected chi connectivity index (χ0v) is 20.4. The summed E-state index contributed by atoms with van der Waals surface area (Å²) < 4.78 is 35.5. The number of carbonyl (C=O) groups is 1. The molecule has 1 saturated heterocycles. The molecule has 3 N–H and O–H groups in total. The van der Waals surface area contributed by atoms with Crippen molar-refractivity contribution in [2.24, 2.45) is 0 Å². The molecule has 0 atom stereocenters. The van der Waals surface area contributed by atoms with Gasteiger partial charge in [0.15, 0.2) is 5.82 Å². The number of fused-ring (bicyclic) bond motifs is 1. The lowest BCUT2D eigenvalue weighted by molar-refractivity contribution is 0.0850. The maximum absolute atomic E-state index is 15.1. The van der Waals surface area contributed by atoms with Crippen molar-refractivity contribution in [2.75, 3.05) is 39.6 Å². The molecular formula is C27H29F2N5O2. The van der Waals surface area contributed by atoms with Crippen molar-refractivity contribution < 1.29 is 18.3 Å². The highest BCUT2D eigenvalue weighted by Crippen LogP contribution is 2.35. The minimum atomic E-state index is -0.788. The zero-order valence-electron chi connectivity index (χ0n) is 20.4. The van der Waals surface area contributed by atoms with Crippen LogP contribution in [0.5, 0.6) is 0 Å². The van der Waals surface area contributed by atoms with Crippen molar-refractivity contribution in [3.05, 3.63) is 64.4 Å². The van der Waals surface area contributed by atoms with E-state index >= 15 is 4.39 Å². The lowest BCUT2D eigenvalue weighted by atomic mass is 9.87. The van der Waals surface area contributed by atoms with E-state index in [1.54, 1.807) is 6.07 Å². The topological polar surface area (TPSA) is 93.4 Å². The fourth-order valence-electron chi connectivity index (χ4n) is 5.11. The number of nitrogens with two attached hydrogens (primary N) is 1. The van der Waals surface area contributed by atoms with Crippen LogP contribution in [0.1, 0.15) is 45.8 Å². The molecule has 2 aromatic carbocycles. The van der Waals surface area contributed by atoms with Crippen LogP contribution in [0.2, 0.25) is 0 Å². The van der Waals surface area contributed by atoms with Crippen molar-refractivity contribution in [1.82, 2.24) is 20.2 Å². The number of ether oxygens (including phenoxy) is 1. The van der Waals surface area contributed by atoms with E-state index in [-0.39, 0.29) is 22.8 Å². The third-order valence-electron chi connectivity index (χ3n) is 6.80. The summed E-state index contributed by atoms with van der Waals surface area (Å²) in [5, 5.41) is 2.64. The average molecular weight is 494 g/mol. The number of rotatable bonds is 5. The Morgan fingerprint density at radius 3 is 2.61 bits per heavy atom. The van der Waals surface area contributed by atoms with Gasteiger partial charge in [0.2, 0.25) is 5.95 Å². The molecule has 9 heteroatoms. The first-order valence-electron chi connectivity index (χ1n) is 12.1. The largest absolute Gasteiger partial charge is 0.382 e. The van der Waals surface area contributed by atoms with Gasteiger partial charge in [-0.1, -0.05) is 12.1 Å². The molecule has 1 aromatic heterocycles. The van der Waals surface area contributed by atoms with Crippen LogP contribution in [-0.2, 0) is 17.7 Å². The molecule has 2 aliphatic rings. The predicted molar refractivity (Wildman–Crippen MR) is 133 cm³/mol. The molecule has 5 rings (SSSR count). The molecule has 1 fully saturated rings. The maximum atomic E-state index is 15.1. The molecule has 3 aromatic rings. The highest BCUT2D eigenvalue weighted by atomic mass is 19.1. The molecule has 0 aliphatic carbocycles. The lowest BCUT2D eigenvalue weighted by Crippen LogP contribution is -2.32. The summed E-state index contributed by atoms with van der Waals surface area (Å²) in [7, 11) is 3.99.